The molecule has 2 aliphatic rings. The monoisotopic (exact) mass is 264 g/mol. The predicted octanol–water partition coefficient (Wildman–Crippen LogP) is 1.10. The molecule has 0 spiro atoms. The van der Waals surface area contributed by atoms with E-state index in [-0.39, 0.29) is 11.3 Å². The van der Waals surface area contributed by atoms with Crippen molar-refractivity contribution in [2.45, 2.75) is 38.1 Å². The number of allylic oxidation sites excluding steroid dienone is 1. The van der Waals surface area contributed by atoms with Crippen molar-refractivity contribution in [3.8, 4) is 6.07 Å². The number of nitrogens with zero attached hydrogens (tertiary/aromatic N) is 1. The Morgan fingerprint density at radius 1 is 1.42 bits per heavy atom. The third-order valence-corrected chi connectivity index (χ3v) is 4.25. The topological polar surface area (TPSA) is 110 Å². The summed E-state index contributed by atoms with van der Waals surface area (Å²) >= 11 is 0. The number of carboxylic acids is 1. The summed E-state index contributed by atoms with van der Waals surface area (Å²) in [6, 6.07) is 1.64. The first-order valence-corrected chi connectivity index (χ1v) is 6.25. The van der Waals surface area contributed by atoms with Gasteiger partial charge in [0.15, 0.2) is 5.57 Å². The molecule has 6 heteroatoms. The summed E-state index contributed by atoms with van der Waals surface area (Å²) in [6.45, 7) is 1.26. The summed E-state index contributed by atoms with van der Waals surface area (Å²) in [4.78, 5) is 23.3. The van der Waals surface area contributed by atoms with Gasteiger partial charge in [0.1, 0.15) is 11.8 Å². The maximum Gasteiger partial charge on any atom is 0.308 e. The smallest absolute Gasteiger partial charge is 0.308 e. The molecule has 2 bridgehead atoms. The molecule has 2 aliphatic carbocycles. The first kappa shape index (κ1) is 13.4. The van der Waals surface area contributed by atoms with E-state index < -0.39 is 23.3 Å². The zero-order chi connectivity index (χ0) is 14.2. The Kier molecular flexibility index (Phi) is 3.23. The lowest BCUT2D eigenvalue weighted by Crippen LogP contribution is -2.53. The lowest BCUT2D eigenvalue weighted by molar-refractivity contribution is -0.144. The highest BCUT2D eigenvalue weighted by atomic mass is 16.4. The molecule has 0 aromatic carbocycles. The number of aliphatic hydroxyl groups is 1. The van der Waals surface area contributed by atoms with Crippen molar-refractivity contribution in [3.05, 3.63) is 11.3 Å². The molecular formula is C13H16N2O4. The summed E-state index contributed by atoms with van der Waals surface area (Å²) < 4.78 is 0. The molecular weight excluding hydrogens is 248 g/mol. The quantitative estimate of drug-likeness (QED) is 0.401. The van der Waals surface area contributed by atoms with Crippen LogP contribution >= 0.6 is 0 Å². The number of amides is 1. The van der Waals surface area contributed by atoms with Crippen molar-refractivity contribution in [1.29, 1.82) is 5.26 Å². The molecule has 3 atom stereocenters. The summed E-state index contributed by atoms with van der Waals surface area (Å²) in [5.74, 6) is -2.22. The largest absolute Gasteiger partial charge is 0.511 e. The molecule has 0 aromatic heterocycles. The number of carboxylic acid groups (broad SMARTS) is 1. The van der Waals surface area contributed by atoms with Crippen LogP contribution in [0, 0.1) is 23.2 Å². The number of nitriles is 1. The minimum Gasteiger partial charge on any atom is -0.511 e. The van der Waals surface area contributed by atoms with E-state index in [0.29, 0.717) is 25.2 Å². The zero-order valence-corrected chi connectivity index (χ0v) is 10.6. The normalized spacial score (nSPS) is 33.5. The van der Waals surface area contributed by atoms with Gasteiger partial charge in [-0.05, 0) is 38.5 Å². The van der Waals surface area contributed by atoms with E-state index in [1.54, 1.807) is 6.07 Å². The number of aliphatic carboxylic acids is 1. The third kappa shape index (κ3) is 2.16. The molecule has 6 nitrogen and oxygen atoms in total. The van der Waals surface area contributed by atoms with Crippen LogP contribution in [-0.4, -0.2) is 27.6 Å². The molecule has 0 aliphatic heterocycles. The SMILES string of the molecule is C/C(O)=C(\C#N)C(=O)NC12CCC(CC1C(=O)O)C2. The first-order valence-electron chi connectivity index (χ1n) is 6.25. The lowest BCUT2D eigenvalue weighted by atomic mass is 9.82. The van der Waals surface area contributed by atoms with Crippen LogP contribution in [0.2, 0.25) is 0 Å². The lowest BCUT2D eigenvalue weighted by Gasteiger charge is -2.33. The van der Waals surface area contributed by atoms with Gasteiger partial charge in [-0.25, -0.2) is 0 Å². The Hall–Kier alpha value is -2.03. The Labute approximate surface area is 110 Å². The highest BCUT2D eigenvalue weighted by Crippen LogP contribution is 2.51. The number of fused-ring (bicyclic) bond motifs is 2. The van der Waals surface area contributed by atoms with Gasteiger partial charge < -0.3 is 15.5 Å². The van der Waals surface area contributed by atoms with Crippen molar-refractivity contribution in [2.75, 3.05) is 0 Å². The second kappa shape index (κ2) is 4.57. The van der Waals surface area contributed by atoms with Crippen molar-refractivity contribution in [1.82, 2.24) is 5.32 Å². The molecule has 102 valence electrons. The number of carbonyl (C=O) groups is 2. The highest BCUT2D eigenvalue weighted by molar-refractivity contribution is 5.98. The Bertz CT molecular complexity index is 501. The molecule has 0 aromatic rings. The Morgan fingerprint density at radius 2 is 2.11 bits per heavy atom. The molecule has 0 radical (unpaired) electrons. The number of rotatable bonds is 3. The standard InChI is InChI=1S/C13H16N2O4/c1-7(16)9(6-14)11(17)15-13-3-2-8(5-13)4-10(13)12(18)19/h8,10,16H,2-5H2,1H3,(H,15,17)(H,18,19)/b9-7-. The van der Waals surface area contributed by atoms with E-state index in [4.69, 9.17) is 5.26 Å². The fourth-order valence-electron chi connectivity index (χ4n) is 3.38. The van der Waals surface area contributed by atoms with Crippen LogP contribution in [0.15, 0.2) is 11.3 Å². The number of carbonyl (C=O) groups excluding carboxylic acids is 1. The average molecular weight is 264 g/mol. The van der Waals surface area contributed by atoms with E-state index in [1.807, 2.05) is 0 Å². The molecule has 19 heavy (non-hydrogen) atoms. The van der Waals surface area contributed by atoms with Crippen LogP contribution in [0.3, 0.4) is 0 Å². The summed E-state index contributed by atoms with van der Waals surface area (Å²) in [6.07, 6.45) is 2.72. The summed E-state index contributed by atoms with van der Waals surface area (Å²) in [7, 11) is 0. The van der Waals surface area contributed by atoms with Crippen LogP contribution < -0.4 is 5.32 Å². The molecule has 3 unspecified atom stereocenters. The minimum absolute atomic E-state index is 0.325. The van der Waals surface area contributed by atoms with Gasteiger partial charge in [-0.15, -0.1) is 0 Å². The zero-order valence-electron chi connectivity index (χ0n) is 10.6. The van der Waals surface area contributed by atoms with Gasteiger partial charge in [0.2, 0.25) is 0 Å². The van der Waals surface area contributed by atoms with Gasteiger partial charge in [0.05, 0.1) is 11.5 Å². The van der Waals surface area contributed by atoms with Gasteiger partial charge >= 0.3 is 5.97 Å². The molecule has 2 rings (SSSR count). The van der Waals surface area contributed by atoms with Crippen LogP contribution in [0.1, 0.15) is 32.6 Å². The minimum atomic E-state index is -0.911. The highest BCUT2D eigenvalue weighted by Gasteiger charge is 2.56. The molecule has 0 heterocycles. The molecule has 3 N–H and O–H groups in total. The van der Waals surface area contributed by atoms with Gasteiger partial charge in [-0.3, -0.25) is 9.59 Å². The van der Waals surface area contributed by atoms with Crippen molar-refractivity contribution in [3.63, 3.8) is 0 Å². The van der Waals surface area contributed by atoms with Crippen LogP contribution in [0.5, 0.6) is 0 Å². The maximum absolute atomic E-state index is 12.0. The summed E-state index contributed by atoms with van der Waals surface area (Å²) in [5, 5.41) is 30.0. The van der Waals surface area contributed by atoms with Crippen molar-refractivity contribution < 1.29 is 19.8 Å². The van der Waals surface area contributed by atoms with Gasteiger partial charge in [-0.2, -0.15) is 5.26 Å². The average Bonchev–Trinajstić information content (AvgIpc) is 2.85. The van der Waals surface area contributed by atoms with Gasteiger partial charge in [0, 0.05) is 0 Å². The number of hydrogen-bond acceptors (Lipinski definition) is 4. The number of aliphatic hydroxyl groups excluding tert-OH is 1. The van der Waals surface area contributed by atoms with Gasteiger partial charge in [-0.1, -0.05) is 0 Å². The fourth-order valence-corrected chi connectivity index (χ4v) is 3.38. The fraction of sp³-hybridized carbons (Fsp3) is 0.615. The second-order valence-corrected chi connectivity index (χ2v) is 5.42. The van der Waals surface area contributed by atoms with Crippen molar-refractivity contribution >= 4 is 11.9 Å². The van der Waals surface area contributed by atoms with Crippen LogP contribution in [-0.2, 0) is 9.59 Å². The van der Waals surface area contributed by atoms with E-state index in [1.165, 1.54) is 6.92 Å². The number of nitrogens with one attached hydrogen (secondary N) is 1. The van der Waals surface area contributed by atoms with Crippen LogP contribution in [0.4, 0.5) is 0 Å². The molecule has 2 fully saturated rings. The van der Waals surface area contributed by atoms with Crippen LogP contribution in [0.25, 0.3) is 0 Å². The van der Waals surface area contributed by atoms with E-state index >= 15 is 0 Å². The van der Waals surface area contributed by atoms with Crippen molar-refractivity contribution in [2.24, 2.45) is 11.8 Å². The predicted molar refractivity (Wildman–Crippen MR) is 64.9 cm³/mol. The Balaban J connectivity index is 2.22. The van der Waals surface area contributed by atoms with Gasteiger partial charge in [0.25, 0.3) is 5.91 Å². The second-order valence-electron chi connectivity index (χ2n) is 5.42. The molecule has 2 saturated carbocycles. The maximum atomic E-state index is 12.0. The summed E-state index contributed by atoms with van der Waals surface area (Å²) in [5.41, 5.74) is -1.11. The number of hydrogen-bond donors (Lipinski definition) is 3. The molecule has 1 amide bonds. The van der Waals surface area contributed by atoms with E-state index in [9.17, 15) is 19.8 Å². The molecule has 0 saturated heterocycles. The van der Waals surface area contributed by atoms with E-state index in [2.05, 4.69) is 5.32 Å². The Morgan fingerprint density at radius 3 is 2.58 bits per heavy atom. The third-order valence-electron chi connectivity index (χ3n) is 4.25. The first-order chi connectivity index (χ1) is 8.89. The van der Waals surface area contributed by atoms with E-state index in [0.717, 1.165) is 6.42 Å².